The second-order valence-corrected chi connectivity index (χ2v) is 7.21. The van der Waals surface area contributed by atoms with Gasteiger partial charge in [-0.2, -0.15) is 0 Å². The maximum Gasteiger partial charge on any atom is 0.207 e. The molecular weight excluding hydrogens is 306 g/mol. The fourth-order valence-corrected chi connectivity index (χ4v) is 3.24. The Morgan fingerprint density at radius 3 is 2.22 bits per heavy atom. The van der Waals surface area contributed by atoms with Crippen molar-refractivity contribution in [3.05, 3.63) is 0 Å². The molecule has 0 radical (unpaired) electrons. The number of anilines is 2. The molecule has 5 nitrogen and oxygen atoms in total. The van der Waals surface area contributed by atoms with Gasteiger partial charge in [0.15, 0.2) is 0 Å². The molecule has 0 aliphatic rings. The van der Waals surface area contributed by atoms with Crippen LogP contribution in [0.15, 0.2) is 0 Å². The fraction of sp³-hybridized carbons (Fsp3) is 0.882. The van der Waals surface area contributed by atoms with E-state index in [2.05, 4.69) is 48.2 Å². The number of unbranched alkanes of at least 4 members (excludes halogenated alkanes) is 2. The van der Waals surface area contributed by atoms with Crippen molar-refractivity contribution in [2.45, 2.75) is 85.2 Å². The molecule has 0 fully saturated rings. The summed E-state index contributed by atoms with van der Waals surface area (Å²) in [4.78, 5) is 2.54. The molecule has 0 saturated heterocycles. The smallest absolute Gasteiger partial charge is 0.207 e. The minimum Gasteiger partial charge on any atom is -0.374 e. The largest absolute Gasteiger partial charge is 0.374 e. The molecule has 3 N–H and O–H groups in total. The molecule has 0 spiro atoms. The molecule has 0 aliphatic heterocycles. The Labute approximate surface area is 147 Å². The topological polar surface area (TPSA) is 67.1 Å². The van der Waals surface area contributed by atoms with Gasteiger partial charge in [-0.3, -0.25) is 0 Å². The molecule has 136 valence electrons. The van der Waals surface area contributed by atoms with Gasteiger partial charge in [0.1, 0.15) is 0 Å². The van der Waals surface area contributed by atoms with E-state index < -0.39 is 0 Å². The molecule has 0 aliphatic carbocycles. The van der Waals surface area contributed by atoms with Crippen LogP contribution in [0.1, 0.15) is 73.1 Å². The molecule has 0 bridgehead atoms. The van der Waals surface area contributed by atoms with E-state index in [0.29, 0.717) is 11.2 Å². The normalized spacial score (nSPS) is 12.4. The van der Waals surface area contributed by atoms with E-state index in [-0.39, 0.29) is 7.43 Å². The molecule has 0 amide bonds. The summed E-state index contributed by atoms with van der Waals surface area (Å²) in [5, 5.41) is 12.6. The van der Waals surface area contributed by atoms with Crippen molar-refractivity contribution in [2.24, 2.45) is 0 Å². The number of nitrogens with zero attached hydrogens (tertiary/aromatic N) is 3. The van der Waals surface area contributed by atoms with Crippen molar-refractivity contribution >= 4 is 21.6 Å². The van der Waals surface area contributed by atoms with E-state index in [4.69, 9.17) is 5.73 Å². The molecule has 1 atom stereocenters. The second-order valence-electron chi connectivity index (χ2n) is 6.20. The van der Waals surface area contributed by atoms with Crippen LogP contribution < -0.4 is 11.1 Å². The van der Waals surface area contributed by atoms with Crippen molar-refractivity contribution in [1.82, 2.24) is 15.1 Å². The van der Waals surface area contributed by atoms with Crippen molar-refractivity contribution in [3.8, 4) is 0 Å². The molecule has 6 heteroatoms. The Morgan fingerprint density at radius 2 is 1.74 bits per heavy atom. The Kier molecular flexibility index (Phi) is 12.1. The third-order valence-corrected chi connectivity index (χ3v) is 4.81. The fourth-order valence-electron chi connectivity index (χ4n) is 2.62. The zero-order chi connectivity index (χ0) is 16.4. The predicted octanol–water partition coefficient (Wildman–Crippen LogP) is 4.63. The average molecular weight is 344 g/mol. The zero-order valence-corrected chi connectivity index (χ0v) is 15.5. The number of nitrogens with two attached hydrogens (primary N) is 1. The highest BCUT2D eigenvalue weighted by Crippen LogP contribution is 2.19. The first-order valence-corrected chi connectivity index (χ1v) is 9.44. The summed E-state index contributed by atoms with van der Waals surface area (Å²) >= 11 is 1.41. The first kappa shape index (κ1) is 22.1. The minimum absolute atomic E-state index is 0. The Morgan fingerprint density at radius 1 is 1.13 bits per heavy atom. The van der Waals surface area contributed by atoms with E-state index in [1.165, 1.54) is 49.9 Å². The van der Waals surface area contributed by atoms with Crippen LogP contribution in [0.4, 0.5) is 10.3 Å². The summed E-state index contributed by atoms with van der Waals surface area (Å²) in [5.74, 6) is 0. The molecule has 1 aromatic heterocycles. The average Bonchev–Trinajstić information content (AvgIpc) is 2.90. The van der Waals surface area contributed by atoms with Crippen molar-refractivity contribution in [3.63, 3.8) is 0 Å². The van der Waals surface area contributed by atoms with Gasteiger partial charge in [-0.05, 0) is 33.2 Å². The molecule has 1 aromatic rings. The predicted molar refractivity (Wildman–Crippen MR) is 104 cm³/mol. The van der Waals surface area contributed by atoms with Crippen LogP contribution in [-0.4, -0.2) is 40.8 Å². The van der Waals surface area contributed by atoms with E-state index in [0.717, 1.165) is 24.1 Å². The van der Waals surface area contributed by atoms with Gasteiger partial charge >= 0.3 is 0 Å². The van der Waals surface area contributed by atoms with Crippen LogP contribution in [0.25, 0.3) is 0 Å². The Hall–Kier alpha value is -0.880. The minimum atomic E-state index is 0. The van der Waals surface area contributed by atoms with Gasteiger partial charge in [0, 0.05) is 18.6 Å². The lowest BCUT2D eigenvalue weighted by Crippen LogP contribution is -2.34. The summed E-state index contributed by atoms with van der Waals surface area (Å²) in [6, 6.07) is 1.11. The monoisotopic (exact) mass is 343 g/mol. The number of aromatic nitrogens is 2. The van der Waals surface area contributed by atoms with Crippen molar-refractivity contribution in [1.29, 1.82) is 0 Å². The van der Waals surface area contributed by atoms with Gasteiger partial charge in [-0.25, -0.2) is 0 Å². The first-order chi connectivity index (χ1) is 10.6. The van der Waals surface area contributed by atoms with E-state index >= 15 is 0 Å². The third-order valence-electron chi connectivity index (χ3n) is 4.13. The highest BCUT2D eigenvalue weighted by atomic mass is 32.1. The molecular formula is C17H37N5S. The Bertz CT molecular complexity index is 388. The molecule has 0 saturated carbocycles. The lowest BCUT2D eigenvalue weighted by atomic mass is 10.0. The second kappa shape index (κ2) is 12.5. The molecule has 0 unspecified atom stereocenters. The summed E-state index contributed by atoms with van der Waals surface area (Å²) < 4.78 is 0. The van der Waals surface area contributed by atoms with Gasteiger partial charge in [-0.15, -0.1) is 10.2 Å². The van der Waals surface area contributed by atoms with E-state index in [1.54, 1.807) is 0 Å². The van der Waals surface area contributed by atoms with Crippen molar-refractivity contribution < 1.29 is 0 Å². The summed E-state index contributed by atoms with van der Waals surface area (Å²) in [7, 11) is 2.27. The lowest BCUT2D eigenvalue weighted by molar-refractivity contribution is 0.207. The molecule has 1 heterocycles. The summed E-state index contributed by atoms with van der Waals surface area (Å²) in [6.07, 6.45) is 8.97. The lowest BCUT2D eigenvalue weighted by Gasteiger charge is -2.29. The summed E-state index contributed by atoms with van der Waals surface area (Å²) in [6.45, 7) is 7.85. The standard InChI is InChI=1S/C16H33N5S.CH4/c1-5-7-9-14(10-8-6-2)21(4)12-11-13(3)18-16-20-19-15(17)22-16;/h13-14H,5-12H2,1-4H3,(H2,17,19)(H,18,20);1H4/t13-;/m0./s1. The third kappa shape index (κ3) is 9.11. The van der Waals surface area contributed by atoms with Crippen LogP contribution in [0.3, 0.4) is 0 Å². The van der Waals surface area contributed by atoms with Gasteiger partial charge < -0.3 is 16.0 Å². The van der Waals surface area contributed by atoms with Crippen LogP contribution in [0.2, 0.25) is 0 Å². The SMILES string of the molecule is C.CCCCC(CCCC)N(C)CC[C@H](C)Nc1nnc(N)s1. The van der Waals surface area contributed by atoms with Gasteiger partial charge in [0.25, 0.3) is 0 Å². The maximum absolute atomic E-state index is 5.61. The van der Waals surface area contributed by atoms with Crippen LogP contribution in [-0.2, 0) is 0 Å². The Balaban J connectivity index is 0.00000484. The number of nitrogen functional groups attached to an aromatic ring is 1. The van der Waals surface area contributed by atoms with Gasteiger partial charge in [0.2, 0.25) is 10.3 Å². The highest BCUT2D eigenvalue weighted by Gasteiger charge is 2.15. The first-order valence-electron chi connectivity index (χ1n) is 8.62. The van der Waals surface area contributed by atoms with Gasteiger partial charge in [-0.1, -0.05) is 58.3 Å². The zero-order valence-electron chi connectivity index (χ0n) is 14.6. The number of nitrogens with one attached hydrogen (secondary N) is 1. The molecule has 23 heavy (non-hydrogen) atoms. The molecule has 1 rings (SSSR count). The summed E-state index contributed by atoms with van der Waals surface area (Å²) in [5.41, 5.74) is 5.61. The van der Waals surface area contributed by atoms with E-state index in [1.807, 2.05) is 0 Å². The number of hydrogen-bond donors (Lipinski definition) is 2. The number of rotatable bonds is 12. The maximum atomic E-state index is 5.61. The quantitative estimate of drug-likeness (QED) is 0.579. The van der Waals surface area contributed by atoms with Crippen LogP contribution >= 0.6 is 11.3 Å². The van der Waals surface area contributed by atoms with E-state index in [9.17, 15) is 0 Å². The number of hydrogen-bond acceptors (Lipinski definition) is 6. The van der Waals surface area contributed by atoms with Gasteiger partial charge in [0.05, 0.1) is 0 Å². The molecule has 0 aromatic carbocycles. The van der Waals surface area contributed by atoms with Crippen LogP contribution in [0, 0.1) is 0 Å². The van der Waals surface area contributed by atoms with Crippen molar-refractivity contribution in [2.75, 3.05) is 24.6 Å². The highest BCUT2D eigenvalue weighted by molar-refractivity contribution is 7.18. The van der Waals surface area contributed by atoms with Crippen LogP contribution in [0.5, 0.6) is 0 Å².